The summed E-state index contributed by atoms with van der Waals surface area (Å²) in [4.78, 5) is 27.7. The molecule has 0 aromatic heterocycles. The Morgan fingerprint density at radius 2 is 1.71 bits per heavy atom. The van der Waals surface area contributed by atoms with Crippen molar-refractivity contribution in [3.8, 4) is 23.0 Å². The third-order valence-electron chi connectivity index (χ3n) is 5.84. The molecule has 0 saturated heterocycles. The van der Waals surface area contributed by atoms with Gasteiger partial charge in [-0.15, -0.1) is 0 Å². The highest BCUT2D eigenvalue weighted by Crippen LogP contribution is 2.31. The van der Waals surface area contributed by atoms with Crippen LogP contribution in [0.1, 0.15) is 28.4 Å². The molecule has 3 aromatic carbocycles. The van der Waals surface area contributed by atoms with E-state index in [9.17, 15) is 9.59 Å². The Kier molecular flexibility index (Phi) is 7.10. The fourth-order valence-corrected chi connectivity index (χ4v) is 4.03. The second-order valence-electron chi connectivity index (χ2n) is 8.11. The number of amides is 2. The number of methoxy groups -OCH3 is 3. The van der Waals surface area contributed by atoms with Gasteiger partial charge in [-0.3, -0.25) is 9.59 Å². The maximum Gasteiger partial charge on any atom is 0.263 e. The minimum atomic E-state index is -0.641. The maximum absolute atomic E-state index is 13.0. The molecule has 1 heterocycles. The topological polar surface area (TPSA) is 86.3 Å². The Hall–Kier alpha value is -4.20. The molecule has 0 radical (unpaired) electrons. The van der Waals surface area contributed by atoms with Crippen LogP contribution < -0.4 is 24.3 Å². The van der Waals surface area contributed by atoms with E-state index in [2.05, 4.69) is 5.32 Å². The molecule has 8 heteroatoms. The summed E-state index contributed by atoms with van der Waals surface area (Å²) in [6.45, 7) is 2.44. The van der Waals surface area contributed by atoms with Gasteiger partial charge in [0.05, 0.1) is 21.3 Å². The number of rotatable bonds is 7. The van der Waals surface area contributed by atoms with Crippen LogP contribution in [0.3, 0.4) is 0 Å². The molecule has 1 aliphatic rings. The number of carbonyl (C=O) groups is 2. The van der Waals surface area contributed by atoms with Crippen molar-refractivity contribution in [1.82, 2.24) is 4.90 Å². The SMILES string of the molecule is COc1ccccc1CN1Cc2cc(NC(=O)c3ccc(OC)c(OC)c3)ccc2O[C@@H](C)C1=O. The molecule has 1 atom stereocenters. The van der Waals surface area contributed by atoms with Crippen LogP contribution in [0.5, 0.6) is 23.0 Å². The summed E-state index contributed by atoms with van der Waals surface area (Å²) in [5.41, 5.74) is 2.71. The standard InChI is InChI=1S/C27H28N2O6/c1-17-27(31)29(15-19-7-5-6-8-22(19)32-2)16-20-13-21(10-12-23(20)35-17)28-26(30)18-9-11-24(33-3)25(14-18)34-4/h5-14,17H,15-16H2,1-4H3,(H,28,30)/t17-/m0/s1. The second-order valence-corrected chi connectivity index (χ2v) is 8.11. The Morgan fingerprint density at radius 1 is 0.971 bits per heavy atom. The van der Waals surface area contributed by atoms with Gasteiger partial charge in [0.1, 0.15) is 11.5 Å². The highest BCUT2D eigenvalue weighted by molar-refractivity contribution is 6.04. The lowest BCUT2D eigenvalue weighted by molar-refractivity contribution is -0.138. The third-order valence-corrected chi connectivity index (χ3v) is 5.84. The highest BCUT2D eigenvalue weighted by Gasteiger charge is 2.28. The Labute approximate surface area is 204 Å². The zero-order valence-corrected chi connectivity index (χ0v) is 20.2. The molecule has 8 nitrogen and oxygen atoms in total. The average molecular weight is 477 g/mol. The Morgan fingerprint density at radius 3 is 2.46 bits per heavy atom. The van der Waals surface area contributed by atoms with Crippen LogP contribution in [0.15, 0.2) is 60.7 Å². The number of benzene rings is 3. The Balaban J connectivity index is 1.57. The molecule has 0 spiro atoms. The summed E-state index contributed by atoms with van der Waals surface area (Å²) >= 11 is 0. The van der Waals surface area contributed by atoms with E-state index in [1.165, 1.54) is 14.2 Å². The minimum Gasteiger partial charge on any atom is -0.496 e. The van der Waals surface area contributed by atoms with Crippen molar-refractivity contribution in [2.24, 2.45) is 0 Å². The van der Waals surface area contributed by atoms with Gasteiger partial charge in [0.25, 0.3) is 11.8 Å². The largest absolute Gasteiger partial charge is 0.496 e. The van der Waals surface area contributed by atoms with Crippen LogP contribution in [0, 0.1) is 0 Å². The molecule has 182 valence electrons. The summed E-state index contributed by atoms with van der Waals surface area (Å²) in [6.07, 6.45) is -0.641. The first-order chi connectivity index (χ1) is 16.9. The van der Waals surface area contributed by atoms with Crippen molar-refractivity contribution in [2.45, 2.75) is 26.1 Å². The second kappa shape index (κ2) is 10.4. The molecule has 0 unspecified atom stereocenters. The van der Waals surface area contributed by atoms with Crippen LogP contribution in [0.4, 0.5) is 5.69 Å². The van der Waals surface area contributed by atoms with Gasteiger partial charge < -0.3 is 29.2 Å². The number of carbonyl (C=O) groups excluding carboxylic acids is 2. The number of para-hydroxylation sites is 1. The molecule has 0 saturated carbocycles. The molecule has 1 N–H and O–H groups in total. The summed E-state index contributed by atoms with van der Waals surface area (Å²) < 4.78 is 21.9. The number of hydrogen-bond donors (Lipinski definition) is 1. The van der Waals surface area contributed by atoms with E-state index in [1.807, 2.05) is 30.3 Å². The van der Waals surface area contributed by atoms with Crippen LogP contribution in [0.25, 0.3) is 0 Å². The molecule has 3 aromatic rings. The zero-order valence-electron chi connectivity index (χ0n) is 20.2. The summed E-state index contributed by atoms with van der Waals surface area (Å²) in [5, 5.41) is 2.91. The van der Waals surface area contributed by atoms with Gasteiger partial charge in [-0.2, -0.15) is 0 Å². The predicted octanol–water partition coefficient (Wildman–Crippen LogP) is 4.27. The normalized spacial score (nSPS) is 14.9. The molecule has 2 amide bonds. The van der Waals surface area contributed by atoms with Gasteiger partial charge in [0, 0.05) is 35.5 Å². The number of ether oxygens (including phenoxy) is 4. The van der Waals surface area contributed by atoms with E-state index in [0.29, 0.717) is 47.3 Å². The molecular weight excluding hydrogens is 448 g/mol. The van der Waals surface area contributed by atoms with Gasteiger partial charge in [0.15, 0.2) is 17.6 Å². The van der Waals surface area contributed by atoms with Crippen LogP contribution in [-0.2, 0) is 17.9 Å². The lowest BCUT2D eigenvalue weighted by Crippen LogP contribution is -2.37. The van der Waals surface area contributed by atoms with Gasteiger partial charge >= 0.3 is 0 Å². The van der Waals surface area contributed by atoms with E-state index in [4.69, 9.17) is 18.9 Å². The van der Waals surface area contributed by atoms with Crippen molar-refractivity contribution in [3.05, 3.63) is 77.4 Å². The molecular formula is C27H28N2O6. The predicted molar refractivity (Wildman–Crippen MR) is 131 cm³/mol. The lowest BCUT2D eigenvalue weighted by atomic mass is 10.1. The molecule has 0 bridgehead atoms. The number of fused-ring (bicyclic) bond motifs is 1. The molecule has 35 heavy (non-hydrogen) atoms. The van der Waals surface area contributed by atoms with Crippen molar-refractivity contribution in [3.63, 3.8) is 0 Å². The first kappa shape index (κ1) is 23.9. The van der Waals surface area contributed by atoms with Crippen molar-refractivity contribution in [1.29, 1.82) is 0 Å². The molecule has 1 aliphatic heterocycles. The van der Waals surface area contributed by atoms with Crippen molar-refractivity contribution < 1.29 is 28.5 Å². The van der Waals surface area contributed by atoms with Gasteiger partial charge in [-0.25, -0.2) is 0 Å². The van der Waals surface area contributed by atoms with Crippen molar-refractivity contribution in [2.75, 3.05) is 26.6 Å². The van der Waals surface area contributed by atoms with E-state index in [-0.39, 0.29) is 11.8 Å². The highest BCUT2D eigenvalue weighted by atomic mass is 16.5. The first-order valence-electron chi connectivity index (χ1n) is 11.2. The van der Waals surface area contributed by atoms with Crippen LogP contribution in [0.2, 0.25) is 0 Å². The third kappa shape index (κ3) is 5.16. The van der Waals surface area contributed by atoms with Gasteiger partial charge in [-0.05, 0) is 49.4 Å². The Bertz CT molecular complexity index is 1240. The van der Waals surface area contributed by atoms with Crippen molar-refractivity contribution >= 4 is 17.5 Å². The number of nitrogens with zero attached hydrogens (tertiary/aromatic N) is 1. The average Bonchev–Trinajstić information content (AvgIpc) is 2.99. The van der Waals surface area contributed by atoms with E-state index in [0.717, 1.165) is 11.1 Å². The monoisotopic (exact) mass is 476 g/mol. The molecule has 0 aliphatic carbocycles. The quantitative estimate of drug-likeness (QED) is 0.548. The number of anilines is 1. The zero-order chi connectivity index (χ0) is 24.9. The van der Waals surface area contributed by atoms with Gasteiger partial charge in [0.2, 0.25) is 0 Å². The summed E-state index contributed by atoms with van der Waals surface area (Å²) in [5.74, 6) is 1.92. The fraction of sp³-hybridized carbons (Fsp3) is 0.259. The molecule has 4 rings (SSSR count). The molecule has 0 fully saturated rings. The smallest absolute Gasteiger partial charge is 0.263 e. The minimum absolute atomic E-state index is 0.122. The number of hydrogen-bond acceptors (Lipinski definition) is 6. The van der Waals surface area contributed by atoms with E-state index in [1.54, 1.807) is 49.3 Å². The lowest BCUT2D eigenvalue weighted by Gasteiger charge is -2.23. The number of nitrogens with one attached hydrogen (secondary N) is 1. The first-order valence-corrected chi connectivity index (χ1v) is 11.2. The van der Waals surface area contributed by atoms with Gasteiger partial charge in [-0.1, -0.05) is 18.2 Å². The fourth-order valence-electron chi connectivity index (χ4n) is 4.03. The summed E-state index contributed by atoms with van der Waals surface area (Å²) in [7, 11) is 4.67. The van der Waals surface area contributed by atoms with Crippen LogP contribution in [-0.4, -0.2) is 44.1 Å². The van der Waals surface area contributed by atoms with E-state index >= 15 is 0 Å². The maximum atomic E-state index is 13.0. The summed E-state index contributed by atoms with van der Waals surface area (Å²) in [6, 6.07) is 17.9. The van der Waals surface area contributed by atoms with E-state index < -0.39 is 6.10 Å². The van der Waals surface area contributed by atoms with Crippen LogP contribution >= 0.6 is 0 Å².